The highest BCUT2D eigenvalue weighted by molar-refractivity contribution is 7.99. The maximum atomic E-state index is 12.6. The fourth-order valence-corrected chi connectivity index (χ4v) is 5.65. The molecule has 1 aliphatic heterocycles. The summed E-state index contributed by atoms with van der Waals surface area (Å²) in [6.07, 6.45) is -1.26. The lowest BCUT2D eigenvalue weighted by Crippen LogP contribution is -2.28. The molecule has 2 unspecified atom stereocenters. The Hall–Kier alpha value is -2.24. The number of alkyl halides is 3. The van der Waals surface area contributed by atoms with Gasteiger partial charge in [-0.15, -0.1) is 35.8 Å². The predicted molar refractivity (Wildman–Crippen MR) is 123 cm³/mol. The molecule has 0 spiro atoms. The number of ether oxygens (including phenoxy) is 1. The molecule has 3 aromatic rings. The van der Waals surface area contributed by atoms with Crippen molar-refractivity contribution in [2.75, 3.05) is 25.4 Å². The summed E-state index contributed by atoms with van der Waals surface area (Å²) in [4.78, 5) is 6.51. The number of oxazole rings is 1. The number of likely N-dealkylation sites (tertiary alicyclic amines) is 1. The van der Waals surface area contributed by atoms with Gasteiger partial charge < -0.3 is 18.6 Å². The Bertz CT molecular complexity index is 1150. The second-order valence-electron chi connectivity index (χ2n) is 8.70. The first-order valence-electron chi connectivity index (χ1n) is 10.8. The molecule has 3 heterocycles. The summed E-state index contributed by atoms with van der Waals surface area (Å²) in [5.74, 6) is 2.54. The fraction of sp³-hybridized carbons (Fsp3) is 0.500. The Morgan fingerprint density at radius 2 is 2.12 bits per heavy atom. The molecule has 0 bridgehead atoms. The lowest BCUT2D eigenvalue weighted by Gasteiger charge is -2.21. The predicted octanol–water partition coefficient (Wildman–Crippen LogP) is 4.85. The maximum absolute atomic E-state index is 12.6. The minimum Gasteiger partial charge on any atom is -0.440 e. The molecule has 7 nitrogen and oxygen atoms in total. The first-order valence-corrected chi connectivity index (χ1v) is 11.7. The standard InChI is InChI=1S/C22H24F3N5O2S.ClH/c1-14-18(31-13-26-14)19-27-28-20(29(19)2)33-8-4-7-30-11-16-10-21(16,12-30)15-5-3-6-17(9-15)32-22(23,24)25;/h3,5-6,9,13,16H,4,7-8,10-12H2,1-2H3;1H. The summed E-state index contributed by atoms with van der Waals surface area (Å²) >= 11 is 1.65. The highest BCUT2D eigenvalue weighted by atomic mass is 35.5. The third-order valence-corrected chi connectivity index (χ3v) is 7.60. The topological polar surface area (TPSA) is 69.2 Å². The second kappa shape index (κ2) is 9.43. The van der Waals surface area contributed by atoms with Crippen molar-refractivity contribution in [2.24, 2.45) is 13.0 Å². The molecule has 1 saturated carbocycles. The number of nitrogens with zero attached hydrogens (tertiary/aromatic N) is 5. The van der Waals surface area contributed by atoms with Gasteiger partial charge in [0, 0.05) is 31.3 Å². The van der Waals surface area contributed by atoms with Crippen LogP contribution in [-0.2, 0) is 12.5 Å². The molecule has 0 amide bonds. The lowest BCUT2D eigenvalue weighted by molar-refractivity contribution is -0.274. The van der Waals surface area contributed by atoms with Crippen molar-refractivity contribution < 1.29 is 22.3 Å². The minimum absolute atomic E-state index is 0. The van der Waals surface area contributed by atoms with Gasteiger partial charge in [-0.1, -0.05) is 23.9 Å². The molecule has 12 heteroatoms. The Morgan fingerprint density at radius 3 is 2.85 bits per heavy atom. The number of halogens is 4. The zero-order valence-corrected chi connectivity index (χ0v) is 20.3. The lowest BCUT2D eigenvalue weighted by atomic mass is 9.95. The van der Waals surface area contributed by atoms with Crippen LogP contribution in [0.3, 0.4) is 0 Å². The first-order chi connectivity index (χ1) is 15.7. The van der Waals surface area contributed by atoms with Crippen LogP contribution in [-0.4, -0.2) is 56.4 Å². The number of thioether (sulfide) groups is 1. The van der Waals surface area contributed by atoms with Gasteiger partial charge in [0.05, 0.1) is 5.69 Å². The number of aryl methyl sites for hydroxylation is 1. The SMILES string of the molecule is Cc1ncoc1-c1nnc(SCCCN2CC3CC3(c3cccc(OC(F)(F)F)c3)C2)n1C.Cl. The molecule has 2 aromatic heterocycles. The van der Waals surface area contributed by atoms with E-state index in [1.54, 1.807) is 23.9 Å². The van der Waals surface area contributed by atoms with Crippen LogP contribution in [0.15, 0.2) is 40.2 Å². The molecule has 1 aromatic carbocycles. The van der Waals surface area contributed by atoms with E-state index >= 15 is 0 Å². The summed E-state index contributed by atoms with van der Waals surface area (Å²) in [5.41, 5.74) is 1.69. The smallest absolute Gasteiger partial charge is 0.440 e. The summed E-state index contributed by atoms with van der Waals surface area (Å²) in [6, 6.07) is 6.48. The molecular weight excluding hydrogens is 491 g/mol. The highest BCUT2D eigenvalue weighted by Crippen LogP contribution is 2.59. The molecule has 0 N–H and O–H groups in total. The number of aromatic nitrogens is 4. The van der Waals surface area contributed by atoms with E-state index in [2.05, 4.69) is 24.8 Å². The van der Waals surface area contributed by atoms with Crippen LogP contribution in [0.4, 0.5) is 13.2 Å². The van der Waals surface area contributed by atoms with Crippen LogP contribution >= 0.6 is 24.2 Å². The Labute approximate surface area is 205 Å². The van der Waals surface area contributed by atoms with Crippen LogP contribution in [0.2, 0.25) is 0 Å². The van der Waals surface area contributed by atoms with Crippen molar-refractivity contribution in [2.45, 2.75) is 36.7 Å². The maximum Gasteiger partial charge on any atom is 0.573 e. The van der Waals surface area contributed by atoms with E-state index in [0.717, 1.165) is 54.6 Å². The van der Waals surface area contributed by atoms with Gasteiger partial charge in [-0.2, -0.15) is 0 Å². The molecule has 1 aliphatic carbocycles. The Balaban J connectivity index is 0.00000274. The molecule has 2 atom stereocenters. The number of piperidine rings is 1. The highest BCUT2D eigenvalue weighted by Gasteiger charge is 2.60. The quantitative estimate of drug-likeness (QED) is 0.313. The zero-order valence-electron chi connectivity index (χ0n) is 18.7. The van der Waals surface area contributed by atoms with Crippen molar-refractivity contribution in [3.63, 3.8) is 0 Å². The molecule has 2 fully saturated rings. The average molecular weight is 516 g/mol. The van der Waals surface area contributed by atoms with Gasteiger partial charge in [0.15, 0.2) is 17.3 Å². The minimum atomic E-state index is -4.67. The van der Waals surface area contributed by atoms with Gasteiger partial charge in [0.2, 0.25) is 5.82 Å². The van der Waals surface area contributed by atoms with Crippen molar-refractivity contribution >= 4 is 24.2 Å². The summed E-state index contributed by atoms with van der Waals surface area (Å²) < 4.78 is 49.2. The van der Waals surface area contributed by atoms with Gasteiger partial charge in [-0.25, -0.2) is 4.98 Å². The normalized spacial score (nSPS) is 21.9. The van der Waals surface area contributed by atoms with Crippen molar-refractivity contribution in [1.82, 2.24) is 24.6 Å². The van der Waals surface area contributed by atoms with E-state index in [-0.39, 0.29) is 23.6 Å². The van der Waals surface area contributed by atoms with Gasteiger partial charge in [-0.3, -0.25) is 0 Å². The average Bonchev–Trinajstić information content (AvgIpc) is 3.05. The van der Waals surface area contributed by atoms with E-state index in [9.17, 15) is 13.2 Å². The molecule has 5 rings (SSSR count). The van der Waals surface area contributed by atoms with Crippen LogP contribution < -0.4 is 4.74 Å². The molecule has 34 heavy (non-hydrogen) atoms. The van der Waals surface area contributed by atoms with Gasteiger partial charge in [-0.05, 0) is 49.9 Å². The summed E-state index contributed by atoms with van der Waals surface area (Å²) in [5, 5.41) is 9.32. The van der Waals surface area contributed by atoms with Gasteiger partial charge in [0.25, 0.3) is 0 Å². The van der Waals surface area contributed by atoms with Gasteiger partial charge >= 0.3 is 6.36 Å². The van der Waals surface area contributed by atoms with Crippen LogP contribution in [0.25, 0.3) is 11.6 Å². The van der Waals surface area contributed by atoms with Crippen molar-refractivity contribution in [3.05, 3.63) is 41.9 Å². The number of benzene rings is 1. The Morgan fingerprint density at radius 1 is 1.29 bits per heavy atom. The molecule has 0 radical (unpaired) electrons. The second-order valence-corrected chi connectivity index (χ2v) is 9.76. The number of hydrogen-bond donors (Lipinski definition) is 0. The summed E-state index contributed by atoms with van der Waals surface area (Å²) in [6.45, 7) is 4.66. The van der Waals surface area contributed by atoms with Crippen LogP contribution in [0, 0.1) is 12.8 Å². The van der Waals surface area contributed by atoms with E-state index < -0.39 is 6.36 Å². The van der Waals surface area contributed by atoms with E-state index in [0.29, 0.717) is 17.5 Å². The van der Waals surface area contributed by atoms with Crippen LogP contribution in [0.1, 0.15) is 24.1 Å². The largest absolute Gasteiger partial charge is 0.573 e. The number of rotatable bonds is 8. The molecule has 2 aliphatic rings. The first kappa shape index (κ1) is 24.9. The van der Waals surface area contributed by atoms with Crippen LogP contribution in [0.5, 0.6) is 5.75 Å². The third-order valence-electron chi connectivity index (χ3n) is 6.49. The van der Waals surface area contributed by atoms with Crippen molar-refractivity contribution in [3.8, 4) is 17.3 Å². The molecular formula is C22H25ClF3N5O2S. The third kappa shape index (κ3) is 4.92. The number of hydrogen-bond acceptors (Lipinski definition) is 7. The number of fused-ring (bicyclic) bond motifs is 1. The zero-order chi connectivity index (χ0) is 23.2. The molecule has 1 saturated heterocycles. The van der Waals surface area contributed by atoms with E-state index in [1.807, 2.05) is 24.6 Å². The van der Waals surface area contributed by atoms with Crippen molar-refractivity contribution in [1.29, 1.82) is 0 Å². The monoisotopic (exact) mass is 515 g/mol. The molecule has 184 valence electrons. The summed E-state index contributed by atoms with van der Waals surface area (Å²) in [7, 11) is 1.91. The van der Waals surface area contributed by atoms with Gasteiger partial charge in [0.1, 0.15) is 5.75 Å². The fourth-order valence-electron chi connectivity index (χ4n) is 4.81. The Kier molecular flexibility index (Phi) is 6.90. The van der Waals surface area contributed by atoms with E-state index in [1.165, 1.54) is 12.5 Å². The van der Waals surface area contributed by atoms with E-state index in [4.69, 9.17) is 4.42 Å².